The van der Waals surface area contributed by atoms with Crippen LogP contribution >= 0.6 is 0 Å². The Morgan fingerprint density at radius 1 is 1.04 bits per heavy atom. The average Bonchev–Trinajstić information content (AvgIpc) is 3.99. The highest BCUT2D eigenvalue weighted by molar-refractivity contribution is 7.91. The van der Waals surface area contributed by atoms with E-state index in [4.69, 9.17) is 4.84 Å². The molecule has 4 aliphatic rings. The molecule has 272 valence electrons. The summed E-state index contributed by atoms with van der Waals surface area (Å²) in [5.41, 5.74) is 1.75. The first kappa shape index (κ1) is 36.2. The molecular weight excluding hydrogens is 675 g/mol. The van der Waals surface area contributed by atoms with Gasteiger partial charge in [0.05, 0.1) is 11.8 Å². The molecule has 2 aromatic rings. The molecule has 3 N–H and O–H groups in total. The van der Waals surface area contributed by atoms with Crippen molar-refractivity contribution in [2.24, 2.45) is 22.4 Å². The van der Waals surface area contributed by atoms with Crippen LogP contribution in [0.2, 0.25) is 0 Å². The highest BCUT2D eigenvalue weighted by atomic mass is 32.2. The molecule has 0 aromatic heterocycles. The number of amides is 4. The third-order valence-corrected chi connectivity index (χ3v) is 11.9. The molecule has 5 atom stereocenters. The van der Waals surface area contributed by atoms with Gasteiger partial charge in [-0.25, -0.2) is 13.5 Å². The Morgan fingerprint density at radius 3 is 2.10 bits per heavy atom. The standard InChI is InChI=1S/C37H45N5O8S/c1-7-22-19-37(22,34(45)40-51(48,49)24-16-17-24)38-32(43)29-18-23(20-41(29)33(44)31(21(2)3)42(47)35(46)36(4,5)6)50-39-30-27-14-10-8-12-25(27)26-13-9-11-15-28(26)30/h7-15,21-24,29,31,47H,1,16-20H2,2-6H3,(H,38,43)(H,40,45)/t22-,23-,29+,31-,37+/m1/s1. The Kier molecular flexibility index (Phi) is 9.38. The Bertz CT molecular complexity index is 1870. The van der Waals surface area contributed by atoms with Gasteiger partial charge in [-0.3, -0.25) is 29.1 Å². The molecule has 2 aromatic carbocycles. The number of hydrogen-bond acceptors (Lipinski definition) is 9. The van der Waals surface area contributed by atoms with E-state index in [1.807, 2.05) is 48.5 Å². The fourth-order valence-electron chi connectivity index (χ4n) is 6.92. The van der Waals surface area contributed by atoms with Crippen LogP contribution in [-0.4, -0.2) is 88.4 Å². The molecule has 13 nitrogen and oxygen atoms in total. The zero-order chi connectivity index (χ0) is 37.0. The van der Waals surface area contributed by atoms with Gasteiger partial charge in [-0.1, -0.05) is 94.4 Å². The fourth-order valence-corrected chi connectivity index (χ4v) is 8.28. The Hall–Kier alpha value is -4.56. The first-order valence-electron chi connectivity index (χ1n) is 17.3. The van der Waals surface area contributed by atoms with Crippen molar-refractivity contribution in [3.8, 4) is 11.1 Å². The van der Waals surface area contributed by atoms with E-state index >= 15 is 0 Å². The second kappa shape index (κ2) is 13.2. The van der Waals surface area contributed by atoms with Crippen molar-refractivity contribution in [1.29, 1.82) is 0 Å². The monoisotopic (exact) mass is 719 g/mol. The number of nitrogens with zero attached hydrogens (tertiary/aromatic N) is 3. The van der Waals surface area contributed by atoms with Crippen LogP contribution in [0.25, 0.3) is 11.1 Å². The maximum absolute atomic E-state index is 14.3. The molecular formula is C37H45N5O8S. The van der Waals surface area contributed by atoms with Crippen molar-refractivity contribution < 1.29 is 37.6 Å². The normalized spacial score (nSPS) is 24.3. The number of rotatable bonds is 11. The summed E-state index contributed by atoms with van der Waals surface area (Å²) in [7, 11) is -3.91. The first-order valence-corrected chi connectivity index (χ1v) is 18.8. The van der Waals surface area contributed by atoms with Crippen molar-refractivity contribution in [2.75, 3.05) is 6.54 Å². The van der Waals surface area contributed by atoms with Gasteiger partial charge in [-0.15, -0.1) is 6.58 Å². The number of likely N-dealkylation sites (tertiary alicyclic amines) is 1. The predicted molar refractivity (Wildman–Crippen MR) is 188 cm³/mol. The predicted octanol–water partition coefficient (Wildman–Crippen LogP) is 3.36. The number of hydrogen-bond donors (Lipinski definition) is 3. The molecule has 0 unspecified atom stereocenters. The van der Waals surface area contributed by atoms with Crippen molar-refractivity contribution >= 4 is 39.4 Å². The minimum Gasteiger partial charge on any atom is -0.390 e. The molecule has 1 saturated heterocycles. The summed E-state index contributed by atoms with van der Waals surface area (Å²) >= 11 is 0. The number of benzene rings is 2. The quantitative estimate of drug-likeness (QED) is 0.154. The third-order valence-electron chi connectivity index (χ3n) is 10.0. The van der Waals surface area contributed by atoms with Crippen LogP contribution in [0.15, 0.2) is 66.3 Å². The van der Waals surface area contributed by atoms with Gasteiger partial charge in [0.15, 0.2) is 0 Å². The van der Waals surface area contributed by atoms with Crippen LogP contribution in [0, 0.1) is 17.3 Å². The highest BCUT2D eigenvalue weighted by Gasteiger charge is 2.62. The van der Waals surface area contributed by atoms with Crippen molar-refractivity contribution in [3.05, 3.63) is 72.3 Å². The SMILES string of the molecule is C=C[C@@H]1C[C@@]1(NC(=O)[C@@H]1C[C@@H](ON=C2c3ccccc3-c3ccccc32)CN1C(=O)[C@@H](C(C)C)N(O)C(=O)C(C)(C)C)C(=O)NS(=O)(=O)C1CC1. The molecule has 6 rings (SSSR count). The lowest BCUT2D eigenvalue weighted by molar-refractivity contribution is -0.194. The first-order chi connectivity index (χ1) is 24.0. The molecule has 51 heavy (non-hydrogen) atoms. The van der Waals surface area contributed by atoms with Gasteiger partial charge < -0.3 is 15.1 Å². The summed E-state index contributed by atoms with van der Waals surface area (Å²) in [5, 5.41) is 18.2. The number of fused-ring (bicyclic) bond motifs is 3. The lowest BCUT2D eigenvalue weighted by atomic mass is 9.93. The van der Waals surface area contributed by atoms with Gasteiger partial charge in [0.25, 0.3) is 11.8 Å². The van der Waals surface area contributed by atoms with Crippen LogP contribution in [0.3, 0.4) is 0 Å². The minimum absolute atomic E-state index is 0.0298. The largest absolute Gasteiger partial charge is 0.390 e. The van der Waals surface area contributed by atoms with Crippen LogP contribution in [-0.2, 0) is 34.0 Å². The molecule has 3 fully saturated rings. The molecule has 0 radical (unpaired) electrons. The maximum Gasteiger partial charge on any atom is 0.259 e. The minimum atomic E-state index is -3.91. The van der Waals surface area contributed by atoms with E-state index in [9.17, 15) is 32.8 Å². The topological polar surface area (TPSA) is 175 Å². The van der Waals surface area contributed by atoms with Gasteiger partial charge in [0.1, 0.15) is 29.4 Å². The summed E-state index contributed by atoms with van der Waals surface area (Å²) in [5.74, 6) is -4.03. The number of oxime groups is 1. The average molecular weight is 720 g/mol. The summed E-state index contributed by atoms with van der Waals surface area (Å²) in [6.45, 7) is 11.9. The van der Waals surface area contributed by atoms with E-state index in [-0.39, 0.29) is 19.4 Å². The summed E-state index contributed by atoms with van der Waals surface area (Å²) in [6.07, 6.45) is 1.69. The zero-order valence-corrected chi connectivity index (χ0v) is 30.3. The van der Waals surface area contributed by atoms with E-state index in [1.165, 1.54) is 11.0 Å². The number of carbonyl (C=O) groups is 4. The Morgan fingerprint density at radius 2 is 1.61 bits per heavy atom. The van der Waals surface area contributed by atoms with Gasteiger partial charge in [-0.05, 0) is 36.3 Å². The molecule has 1 aliphatic heterocycles. The van der Waals surface area contributed by atoms with E-state index in [1.54, 1.807) is 34.6 Å². The third kappa shape index (κ3) is 6.78. The summed E-state index contributed by atoms with van der Waals surface area (Å²) in [4.78, 5) is 62.4. The molecule has 0 bridgehead atoms. The fraction of sp³-hybridized carbons (Fsp3) is 0.486. The smallest absolute Gasteiger partial charge is 0.259 e. The van der Waals surface area contributed by atoms with Gasteiger partial charge in [-0.2, -0.15) is 0 Å². The molecule has 3 aliphatic carbocycles. The van der Waals surface area contributed by atoms with Crippen molar-refractivity contribution in [1.82, 2.24) is 20.0 Å². The van der Waals surface area contributed by atoms with E-state index in [2.05, 4.69) is 21.8 Å². The van der Waals surface area contributed by atoms with E-state index in [0.717, 1.165) is 22.3 Å². The number of sulfonamides is 1. The maximum atomic E-state index is 14.3. The summed E-state index contributed by atoms with van der Waals surface area (Å²) < 4.78 is 27.4. The molecule has 14 heteroatoms. The molecule has 1 heterocycles. The Labute approximate surface area is 298 Å². The molecule has 0 spiro atoms. The molecule has 4 amide bonds. The van der Waals surface area contributed by atoms with Crippen LogP contribution in [0.1, 0.15) is 71.4 Å². The van der Waals surface area contributed by atoms with E-state index < -0.39 is 79.9 Å². The van der Waals surface area contributed by atoms with Crippen LogP contribution in [0.4, 0.5) is 0 Å². The van der Waals surface area contributed by atoms with E-state index in [0.29, 0.717) is 23.6 Å². The van der Waals surface area contributed by atoms with Crippen LogP contribution < -0.4 is 10.0 Å². The second-order valence-electron chi connectivity index (χ2n) is 15.3. The zero-order valence-electron chi connectivity index (χ0n) is 29.5. The second-order valence-corrected chi connectivity index (χ2v) is 17.2. The Balaban J connectivity index is 1.30. The lowest BCUT2D eigenvalue weighted by Gasteiger charge is -2.36. The number of carbonyl (C=O) groups excluding carboxylic acids is 4. The highest BCUT2D eigenvalue weighted by Crippen LogP contribution is 2.45. The van der Waals surface area contributed by atoms with Gasteiger partial charge >= 0.3 is 0 Å². The lowest BCUT2D eigenvalue weighted by Crippen LogP contribution is -2.59. The number of nitrogens with one attached hydrogen (secondary N) is 2. The molecule has 2 saturated carbocycles. The van der Waals surface area contributed by atoms with Crippen LogP contribution in [0.5, 0.6) is 0 Å². The van der Waals surface area contributed by atoms with Crippen molar-refractivity contribution in [3.63, 3.8) is 0 Å². The van der Waals surface area contributed by atoms with Crippen molar-refractivity contribution in [2.45, 2.75) is 89.3 Å². The van der Waals surface area contributed by atoms with Gasteiger partial charge in [0.2, 0.25) is 21.8 Å². The van der Waals surface area contributed by atoms with Gasteiger partial charge in [0, 0.05) is 28.9 Å². The number of hydroxylamine groups is 2. The summed E-state index contributed by atoms with van der Waals surface area (Å²) in [6, 6.07) is 13.0.